The normalized spacial score (nSPS) is 10.1. The Bertz CT molecular complexity index is 448. The first-order chi connectivity index (χ1) is 9.02. The molecule has 2 amide bonds. The minimum absolute atomic E-state index is 0.0946. The van der Waals surface area contributed by atoms with Crippen LogP contribution in [0.4, 0.5) is 5.69 Å². The van der Waals surface area contributed by atoms with E-state index >= 15 is 0 Å². The summed E-state index contributed by atoms with van der Waals surface area (Å²) in [7, 11) is 0. The van der Waals surface area contributed by atoms with Gasteiger partial charge >= 0.3 is 0 Å². The summed E-state index contributed by atoms with van der Waals surface area (Å²) in [5, 5.41) is 5.37. The second-order valence-corrected chi connectivity index (χ2v) is 4.30. The van der Waals surface area contributed by atoms with Crippen LogP contribution in [0, 0.1) is 0 Å². The number of rotatable bonds is 6. The average molecular weight is 265 g/mol. The van der Waals surface area contributed by atoms with Gasteiger partial charge in [-0.2, -0.15) is 0 Å². The lowest BCUT2D eigenvalue weighted by Gasteiger charge is -2.09. The van der Waals surface area contributed by atoms with Crippen LogP contribution in [0.2, 0.25) is 0 Å². The zero-order chi connectivity index (χ0) is 14.3. The first kappa shape index (κ1) is 14.9. The number of hydrazine groups is 1. The molecule has 19 heavy (non-hydrogen) atoms. The molecule has 104 valence electrons. The van der Waals surface area contributed by atoms with Gasteiger partial charge in [0.05, 0.1) is 5.69 Å². The molecule has 1 rings (SSSR count). The standard InChI is InChI=1S/C12H19N5O2/c1-8(2)16-11(18)4-6-15-12(19)10-7-9(17-13)3-5-14-10/h3,5,7-8H,4,6,13H2,1-2H3,(H,14,17)(H,15,19)(H,16,18). The molecule has 0 spiro atoms. The second-order valence-electron chi connectivity index (χ2n) is 4.30. The molecule has 0 atom stereocenters. The van der Waals surface area contributed by atoms with Gasteiger partial charge < -0.3 is 16.1 Å². The molecule has 0 bridgehead atoms. The van der Waals surface area contributed by atoms with E-state index in [0.29, 0.717) is 5.69 Å². The number of carbonyl (C=O) groups excluding carboxylic acids is 2. The molecule has 0 aliphatic carbocycles. The molecule has 5 N–H and O–H groups in total. The van der Waals surface area contributed by atoms with E-state index in [4.69, 9.17) is 5.84 Å². The van der Waals surface area contributed by atoms with Crippen LogP contribution in [0.15, 0.2) is 18.3 Å². The van der Waals surface area contributed by atoms with Crippen molar-refractivity contribution in [2.24, 2.45) is 5.84 Å². The molecule has 1 aromatic rings. The summed E-state index contributed by atoms with van der Waals surface area (Å²) in [6, 6.07) is 3.27. The van der Waals surface area contributed by atoms with E-state index < -0.39 is 0 Å². The van der Waals surface area contributed by atoms with Crippen LogP contribution in [0.1, 0.15) is 30.8 Å². The summed E-state index contributed by atoms with van der Waals surface area (Å²) < 4.78 is 0. The van der Waals surface area contributed by atoms with Crippen molar-refractivity contribution >= 4 is 17.5 Å². The van der Waals surface area contributed by atoms with Crippen LogP contribution >= 0.6 is 0 Å². The van der Waals surface area contributed by atoms with Crippen molar-refractivity contribution in [2.45, 2.75) is 26.3 Å². The number of anilines is 1. The van der Waals surface area contributed by atoms with Gasteiger partial charge in [-0.3, -0.25) is 20.4 Å². The second kappa shape index (κ2) is 7.32. The molecule has 7 heteroatoms. The summed E-state index contributed by atoms with van der Waals surface area (Å²) in [6.45, 7) is 4.02. The van der Waals surface area contributed by atoms with E-state index in [1.807, 2.05) is 13.8 Å². The van der Waals surface area contributed by atoms with Crippen molar-refractivity contribution in [1.82, 2.24) is 15.6 Å². The fourth-order valence-electron chi connectivity index (χ4n) is 1.42. The van der Waals surface area contributed by atoms with Crippen molar-refractivity contribution in [2.75, 3.05) is 12.0 Å². The molecule has 0 aliphatic heterocycles. The maximum atomic E-state index is 11.7. The lowest BCUT2D eigenvalue weighted by molar-refractivity contribution is -0.121. The van der Waals surface area contributed by atoms with E-state index in [9.17, 15) is 9.59 Å². The zero-order valence-electron chi connectivity index (χ0n) is 11.1. The molecule has 0 radical (unpaired) electrons. The van der Waals surface area contributed by atoms with Gasteiger partial charge in [0.25, 0.3) is 5.91 Å². The largest absolute Gasteiger partial charge is 0.354 e. The Morgan fingerprint density at radius 3 is 2.79 bits per heavy atom. The highest BCUT2D eigenvalue weighted by Crippen LogP contribution is 2.05. The van der Waals surface area contributed by atoms with Gasteiger partial charge in [0, 0.05) is 25.2 Å². The topological polar surface area (TPSA) is 109 Å². The van der Waals surface area contributed by atoms with E-state index in [0.717, 1.165) is 0 Å². The molecule has 0 saturated carbocycles. The number of nitrogen functional groups attached to an aromatic ring is 1. The first-order valence-electron chi connectivity index (χ1n) is 6.03. The van der Waals surface area contributed by atoms with Crippen LogP contribution in [0.25, 0.3) is 0 Å². The van der Waals surface area contributed by atoms with Crippen LogP contribution in [0.3, 0.4) is 0 Å². The average Bonchev–Trinajstić information content (AvgIpc) is 2.37. The monoisotopic (exact) mass is 265 g/mol. The molecule has 0 unspecified atom stereocenters. The number of nitrogens with two attached hydrogens (primary N) is 1. The molecule has 0 fully saturated rings. The highest BCUT2D eigenvalue weighted by molar-refractivity contribution is 5.93. The van der Waals surface area contributed by atoms with Crippen molar-refractivity contribution in [3.63, 3.8) is 0 Å². The number of hydrogen-bond donors (Lipinski definition) is 4. The van der Waals surface area contributed by atoms with E-state index in [-0.39, 0.29) is 36.5 Å². The Balaban J connectivity index is 2.40. The van der Waals surface area contributed by atoms with E-state index in [2.05, 4.69) is 21.0 Å². The third-order valence-corrected chi connectivity index (χ3v) is 2.25. The lowest BCUT2D eigenvalue weighted by Crippen LogP contribution is -2.34. The van der Waals surface area contributed by atoms with Crippen molar-refractivity contribution in [1.29, 1.82) is 0 Å². The SMILES string of the molecule is CC(C)NC(=O)CCNC(=O)c1cc(NN)ccn1. The summed E-state index contributed by atoms with van der Waals surface area (Å²) in [4.78, 5) is 27.0. The molecule has 7 nitrogen and oxygen atoms in total. The number of nitrogens with one attached hydrogen (secondary N) is 3. The number of amides is 2. The molecule has 0 aromatic carbocycles. The summed E-state index contributed by atoms with van der Waals surface area (Å²) in [6.07, 6.45) is 1.72. The van der Waals surface area contributed by atoms with E-state index in [1.54, 1.807) is 6.07 Å². The van der Waals surface area contributed by atoms with Gasteiger partial charge in [-0.05, 0) is 26.0 Å². The Morgan fingerprint density at radius 1 is 1.42 bits per heavy atom. The fraction of sp³-hybridized carbons (Fsp3) is 0.417. The quantitative estimate of drug-likeness (QED) is 0.428. The zero-order valence-corrected chi connectivity index (χ0v) is 11.1. The molecular formula is C12H19N5O2. The van der Waals surface area contributed by atoms with Gasteiger partial charge in [0.2, 0.25) is 5.91 Å². The number of pyridine rings is 1. The Kier molecular flexibility index (Phi) is 5.74. The molecular weight excluding hydrogens is 246 g/mol. The van der Waals surface area contributed by atoms with Crippen LogP contribution in [0.5, 0.6) is 0 Å². The third-order valence-electron chi connectivity index (χ3n) is 2.25. The summed E-state index contributed by atoms with van der Waals surface area (Å²) >= 11 is 0. The molecule has 0 aliphatic rings. The van der Waals surface area contributed by atoms with Crippen LogP contribution in [-0.2, 0) is 4.79 Å². The van der Waals surface area contributed by atoms with Crippen molar-refractivity contribution in [3.8, 4) is 0 Å². The van der Waals surface area contributed by atoms with Crippen LogP contribution in [-0.4, -0.2) is 29.4 Å². The predicted molar refractivity (Wildman–Crippen MR) is 72.3 cm³/mol. The Morgan fingerprint density at radius 2 is 2.16 bits per heavy atom. The smallest absolute Gasteiger partial charge is 0.269 e. The van der Waals surface area contributed by atoms with Crippen LogP contribution < -0.4 is 21.9 Å². The predicted octanol–water partition coefficient (Wildman–Crippen LogP) is 0.0117. The lowest BCUT2D eigenvalue weighted by atomic mass is 10.3. The first-order valence-corrected chi connectivity index (χ1v) is 6.03. The van der Waals surface area contributed by atoms with Gasteiger partial charge in [0.15, 0.2) is 0 Å². The number of nitrogens with zero attached hydrogens (tertiary/aromatic N) is 1. The number of hydrogen-bond acceptors (Lipinski definition) is 5. The maximum Gasteiger partial charge on any atom is 0.269 e. The highest BCUT2D eigenvalue weighted by atomic mass is 16.2. The summed E-state index contributed by atoms with van der Waals surface area (Å²) in [5.41, 5.74) is 3.28. The minimum Gasteiger partial charge on any atom is -0.354 e. The van der Waals surface area contributed by atoms with Gasteiger partial charge in [0.1, 0.15) is 5.69 Å². The number of aromatic nitrogens is 1. The van der Waals surface area contributed by atoms with Gasteiger partial charge in [-0.1, -0.05) is 0 Å². The summed E-state index contributed by atoms with van der Waals surface area (Å²) in [5.74, 6) is 4.81. The van der Waals surface area contributed by atoms with E-state index in [1.165, 1.54) is 12.3 Å². The molecule has 0 saturated heterocycles. The Labute approximate surface area is 111 Å². The van der Waals surface area contributed by atoms with Gasteiger partial charge in [-0.15, -0.1) is 0 Å². The third kappa shape index (κ3) is 5.35. The maximum absolute atomic E-state index is 11.7. The fourth-order valence-corrected chi connectivity index (χ4v) is 1.42. The van der Waals surface area contributed by atoms with Crippen molar-refractivity contribution < 1.29 is 9.59 Å². The molecule has 1 heterocycles. The molecule has 1 aromatic heterocycles. The minimum atomic E-state index is -0.338. The van der Waals surface area contributed by atoms with Crippen molar-refractivity contribution in [3.05, 3.63) is 24.0 Å². The highest BCUT2D eigenvalue weighted by Gasteiger charge is 2.08. The number of carbonyl (C=O) groups is 2. The Hall–Kier alpha value is -2.15. The van der Waals surface area contributed by atoms with Gasteiger partial charge in [-0.25, -0.2) is 0 Å².